The molecule has 0 aromatic heterocycles. The molecule has 0 spiro atoms. The predicted octanol–water partition coefficient (Wildman–Crippen LogP) is 2.85. The monoisotopic (exact) mass is 418 g/mol. The van der Waals surface area contributed by atoms with Gasteiger partial charge in [0.15, 0.2) is 6.04 Å². The quantitative estimate of drug-likeness (QED) is 0.626. The summed E-state index contributed by atoms with van der Waals surface area (Å²) in [6.07, 6.45) is 1.78. The molecule has 2 atom stereocenters. The molecular weight excluding hydrogens is 397 g/mol. The van der Waals surface area contributed by atoms with Crippen molar-refractivity contribution in [3.8, 4) is 5.75 Å². The molecule has 31 heavy (non-hydrogen) atoms. The fourth-order valence-electron chi connectivity index (χ4n) is 3.58. The number of hydrazone groups is 1. The van der Waals surface area contributed by atoms with Crippen molar-refractivity contribution in [3.63, 3.8) is 0 Å². The van der Waals surface area contributed by atoms with Gasteiger partial charge in [-0.05, 0) is 36.4 Å². The standard InChI is InChI=1S/C24H20FN3O3/c1-31-20-10-6-5-9-18(20)15-28-22(16-7-3-2-4-8-16)21(24(30)27-28)26-23(29)17-11-13-19(25)14-12-17/h2-15,21-22H,1H3,(H-,26,27,29,30)/p+1/b28-15-/t21-,22+/m1/s1. The maximum atomic E-state index is 13.2. The molecule has 3 aromatic carbocycles. The number of nitrogens with one attached hydrogen (secondary N) is 2. The predicted molar refractivity (Wildman–Crippen MR) is 113 cm³/mol. The molecule has 1 aliphatic rings. The summed E-state index contributed by atoms with van der Waals surface area (Å²) in [4.78, 5) is 25.6. The first-order valence-corrected chi connectivity index (χ1v) is 9.75. The van der Waals surface area contributed by atoms with Crippen LogP contribution >= 0.6 is 0 Å². The number of carbonyl (C=O) groups excluding carboxylic acids is 2. The molecule has 7 heteroatoms. The summed E-state index contributed by atoms with van der Waals surface area (Å²) in [5.41, 5.74) is 4.72. The lowest BCUT2D eigenvalue weighted by molar-refractivity contribution is -0.596. The largest absolute Gasteiger partial charge is 0.496 e. The van der Waals surface area contributed by atoms with Gasteiger partial charge in [-0.3, -0.25) is 9.59 Å². The summed E-state index contributed by atoms with van der Waals surface area (Å²) in [7, 11) is 1.58. The minimum absolute atomic E-state index is 0.271. The molecule has 0 bridgehead atoms. The van der Waals surface area contributed by atoms with Crippen LogP contribution in [0.4, 0.5) is 4.39 Å². The normalized spacial score (nSPS) is 19.2. The van der Waals surface area contributed by atoms with Crippen molar-refractivity contribution < 1.29 is 23.4 Å². The number of rotatable bonds is 5. The number of methoxy groups -OCH3 is 1. The third kappa shape index (κ3) is 4.30. The van der Waals surface area contributed by atoms with Gasteiger partial charge in [-0.1, -0.05) is 42.5 Å². The van der Waals surface area contributed by atoms with Crippen molar-refractivity contribution in [2.45, 2.75) is 12.1 Å². The Morgan fingerprint density at radius 2 is 1.71 bits per heavy atom. The summed E-state index contributed by atoms with van der Waals surface area (Å²) < 4.78 is 20.3. The third-order valence-corrected chi connectivity index (χ3v) is 5.09. The van der Waals surface area contributed by atoms with Crippen LogP contribution in [-0.4, -0.2) is 35.9 Å². The second kappa shape index (κ2) is 8.79. The van der Waals surface area contributed by atoms with Crippen molar-refractivity contribution in [2.24, 2.45) is 0 Å². The Bertz CT molecular complexity index is 1130. The van der Waals surface area contributed by atoms with Crippen LogP contribution in [0.5, 0.6) is 5.75 Å². The molecule has 1 heterocycles. The molecule has 0 unspecified atom stereocenters. The maximum absolute atomic E-state index is 13.2. The van der Waals surface area contributed by atoms with Gasteiger partial charge in [0.2, 0.25) is 12.3 Å². The lowest BCUT2D eigenvalue weighted by Crippen LogP contribution is -2.42. The molecular formula is C24H21FN3O3+. The number of ether oxygens (including phenoxy) is 1. The minimum atomic E-state index is -0.856. The molecule has 4 rings (SSSR count). The third-order valence-electron chi connectivity index (χ3n) is 5.09. The SMILES string of the molecule is COc1ccccc1/C=[N+]1\NC(=O)[C@H](NC(=O)c2ccc(F)cc2)[C@@H]1c1ccccc1. The molecule has 2 amide bonds. The van der Waals surface area contributed by atoms with Crippen molar-refractivity contribution in [2.75, 3.05) is 7.11 Å². The van der Waals surface area contributed by atoms with Gasteiger partial charge in [0.25, 0.3) is 5.91 Å². The van der Waals surface area contributed by atoms with E-state index in [-0.39, 0.29) is 11.5 Å². The van der Waals surface area contributed by atoms with Gasteiger partial charge < -0.3 is 10.1 Å². The second-order valence-electron chi connectivity index (χ2n) is 7.07. The topological polar surface area (TPSA) is 70.4 Å². The lowest BCUT2D eigenvalue weighted by atomic mass is 10.00. The highest BCUT2D eigenvalue weighted by Gasteiger charge is 2.47. The van der Waals surface area contributed by atoms with Gasteiger partial charge in [-0.15, -0.1) is 10.1 Å². The Balaban J connectivity index is 1.71. The van der Waals surface area contributed by atoms with Gasteiger partial charge in [-0.2, -0.15) is 0 Å². The summed E-state index contributed by atoms with van der Waals surface area (Å²) in [6, 6.07) is 20.7. The highest BCUT2D eigenvalue weighted by atomic mass is 19.1. The van der Waals surface area contributed by atoms with Crippen molar-refractivity contribution in [3.05, 3.63) is 101 Å². The minimum Gasteiger partial charge on any atom is -0.496 e. The van der Waals surface area contributed by atoms with Gasteiger partial charge in [0, 0.05) is 11.1 Å². The molecule has 6 nitrogen and oxygen atoms in total. The number of hydrogen-bond acceptors (Lipinski definition) is 3. The number of benzene rings is 3. The van der Waals surface area contributed by atoms with E-state index in [1.807, 2.05) is 54.6 Å². The Kier molecular flexibility index (Phi) is 5.75. The molecule has 0 radical (unpaired) electrons. The van der Waals surface area contributed by atoms with Crippen LogP contribution in [-0.2, 0) is 4.79 Å². The van der Waals surface area contributed by atoms with Crippen molar-refractivity contribution in [1.29, 1.82) is 0 Å². The van der Waals surface area contributed by atoms with Gasteiger partial charge in [-0.25, -0.2) is 4.39 Å². The zero-order valence-corrected chi connectivity index (χ0v) is 16.8. The molecule has 0 aliphatic carbocycles. The van der Waals surface area contributed by atoms with Crippen molar-refractivity contribution in [1.82, 2.24) is 10.7 Å². The molecule has 156 valence electrons. The summed E-state index contributed by atoms with van der Waals surface area (Å²) in [6.45, 7) is 0. The first-order chi connectivity index (χ1) is 15.1. The smallest absolute Gasteiger partial charge is 0.304 e. The van der Waals surface area contributed by atoms with E-state index < -0.39 is 23.8 Å². The fraction of sp³-hybridized carbons (Fsp3) is 0.125. The van der Waals surface area contributed by atoms with E-state index in [4.69, 9.17) is 4.74 Å². The molecule has 2 N–H and O–H groups in total. The van der Waals surface area contributed by atoms with Crippen LogP contribution < -0.4 is 15.5 Å². The average Bonchev–Trinajstić information content (AvgIpc) is 3.09. The summed E-state index contributed by atoms with van der Waals surface area (Å²) >= 11 is 0. The molecule has 1 aliphatic heterocycles. The number of hydrazine groups is 1. The van der Waals surface area contributed by atoms with Crippen LogP contribution in [0.1, 0.15) is 27.5 Å². The van der Waals surface area contributed by atoms with Crippen molar-refractivity contribution >= 4 is 18.0 Å². The van der Waals surface area contributed by atoms with E-state index in [9.17, 15) is 14.0 Å². The highest BCUT2D eigenvalue weighted by Crippen LogP contribution is 2.26. The second-order valence-corrected chi connectivity index (χ2v) is 7.07. The van der Waals surface area contributed by atoms with E-state index >= 15 is 0 Å². The fourth-order valence-corrected chi connectivity index (χ4v) is 3.58. The Morgan fingerprint density at radius 1 is 1.03 bits per heavy atom. The summed E-state index contributed by atoms with van der Waals surface area (Å²) in [5.74, 6) is -0.590. The number of hydrogen-bond donors (Lipinski definition) is 2. The van der Waals surface area contributed by atoms with Crippen LogP contribution in [0.3, 0.4) is 0 Å². The number of amides is 2. The molecule has 0 saturated carbocycles. The first-order valence-electron chi connectivity index (χ1n) is 9.75. The summed E-state index contributed by atoms with van der Waals surface area (Å²) in [5, 5.41) is 2.79. The maximum Gasteiger partial charge on any atom is 0.304 e. The molecule has 1 saturated heterocycles. The van der Waals surface area contributed by atoms with Crippen LogP contribution in [0.2, 0.25) is 0 Å². The van der Waals surface area contributed by atoms with E-state index in [0.717, 1.165) is 11.1 Å². The highest BCUT2D eigenvalue weighted by molar-refractivity contribution is 5.98. The zero-order chi connectivity index (χ0) is 21.8. The first kappa shape index (κ1) is 20.3. The Hall–Kier alpha value is -4.00. The van der Waals surface area contributed by atoms with Gasteiger partial charge in [0.05, 0.1) is 12.7 Å². The molecule has 1 fully saturated rings. The number of para-hydroxylation sites is 1. The lowest BCUT2D eigenvalue weighted by Gasteiger charge is -2.15. The average molecular weight is 418 g/mol. The van der Waals surface area contributed by atoms with Crippen LogP contribution in [0, 0.1) is 5.82 Å². The van der Waals surface area contributed by atoms with E-state index in [0.29, 0.717) is 5.75 Å². The van der Waals surface area contributed by atoms with E-state index in [2.05, 4.69) is 10.7 Å². The number of halogens is 1. The van der Waals surface area contributed by atoms with Gasteiger partial charge >= 0.3 is 5.91 Å². The zero-order valence-electron chi connectivity index (χ0n) is 16.8. The Morgan fingerprint density at radius 3 is 2.42 bits per heavy atom. The van der Waals surface area contributed by atoms with E-state index in [1.165, 1.54) is 24.3 Å². The van der Waals surface area contributed by atoms with Crippen LogP contribution in [0.25, 0.3) is 0 Å². The number of carbonyl (C=O) groups is 2. The van der Waals surface area contributed by atoms with Crippen LogP contribution in [0.15, 0.2) is 78.9 Å². The van der Waals surface area contributed by atoms with Gasteiger partial charge in [0.1, 0.15) is 11.6 Å². The van der Waals surface area contributed by atoms with E-state index in [1.54, 1.807) is 18.0 Å². The Labute approximate surface area is 179 Å². The number of nitrogens with zero attached hydrogens (tertiary/aromatic N) is 1. The molecule has 3 aromatic rings.